The van der Waals surface area contributed by atoms with Gasteiger partial charge >= 0.3 is 0 Å². The number of carbonyl (C=O) groups excluding carboxylic acids is 2. The molecule has 15 heavy (non-hydrogen) atoms. The number of hydroxylamine groups is 2. The summed E-state index contributed by atoms with van der Waals surface area (Å²) < 4.78 is 0. The van der Waals surface area contributed by atoms with Crippen molar-refractivity contribution in [3.63, 3.8) is 0 Å². The molecule has 0 aliphatic heterocycles. The van der Waals surface area contributed by atoms with Gasteiger partial charge in [0.15, 0.2) is 0 Å². The first-order chi connectivity index (χ1) is 7.15. The van der Waals surface area contributed by atoms with Gasteiger partial charge in [-0.3, -0.25) is 14.4 Å². The molecule has 0 aliphatic carbocycles. The van der Waals surface area contributed by atoms with Crippen LogP contribution in [0.2, 0.25) is 0 Å². The van der Waals surface area contributed by atoms with Gasteiger partial charge in [-0.1, -0.05) is 6.07 Å². The molecule has 1 heterocycles. The number of hydrogen-bond acceptors (Lipinski definition) is 4. The van der Waals surface area contributed by atoms with Gasteiger partial charge in [0.05, 0.1) is 18.5 Å². The number of amides is 2. The molecule has 0 aromatic carbocycles. The fourth-order valence-electron chi connectivity index (χ4n) is 0.864. The van der Waals surface area contributed by atoms with Crippen LogP contribution in [0.3, 0.4) is 0 Å². The van der Waals surface area contributed by atoms with Crippen molar-refractivity contribution < 1.29 is 14.4 Å². The van der Waals surface area contributed by atoms with Gasteiger partial charge in [0.2, 0.25) is 0 Å². The molecular weight excluding hydrogens is 216 g/mol. The van der Waals surface area contributed by atoms with Crippen molar-refractivity contribution in [1.29, 1.82) is 0 Å². The molecule has 0 bridgehead atoms. The fourth-order valence-corrected chi connectivity index (χ4v) is 1.50. The molecule has 0 aliphatic rings. The molecule has 0 saturated heterocycles. The van der Waals surface area contributed by atoms with Crippen molar-refractivity contribution in [1.82, 2.24) is 10.4 Å². The standard InChI is InChI=1S/C9H12N2O3S/c1-11(14-2)8(12)6-10-9(13)7-4-3-5-15-7/h3-5H,6H2,1-2H3,(H,10,13). The smallest absolute Gasteiger partial charge is 0.265 e. The molecule has 0 radical (unpaired) electrons. The van der Waals surface area contributed by atoms with E-state index in [0.717, 1.165) is 5.06 Å². The number of thiophene rings is 1. The van der Waals surface area contributed by atoms with Crippen LogP contribution >= 0.6 is 11.3 Å². The summed E-state index contributed by atoms with van der Waals surface area (Å²) in [6.45, 7) is -0.0684. The number of likely N-dealkylation sites (N-methyl/N-ethyl adjacent to an activating group) is 1. The Hall–Kier alpha value is -1.40. The third kappa shape index (κ3) is 3.34. The monoisotopic (exact) mass is 228 g/mol. The van der Waals surface area contributed by atoms with Crippen LogP contribution < -0.4 is 5.32 Å². The van der Waals surface area contributed by atoms with E-state index in [1.807, 2.05) is 0 Å². The zero-order valence-corrected chi connectivity index (χ0v) is 9.34. The first-order valence-electron chi connectivity index (χ1n) is 4.27. The molecular formula is C9H12N2O3S. The number of carbonyl (C=O) groups is 2. The number of rotatable bonds is 4. The van der Waals surface area contributed by atoms with Gasteiger partial charge < -0.3 is 5.32 Å². The third-order valence-corrected chi connectivity index (χ3v) is 2.64. The van der Waals surface area contributed by atoms with E-state index in [1.54, 1.807) is 17.5 Å². The lowest BCUT2D eigenvalue weighted by Crippen LogP contribution is -2.37. The lowest BCUT2D eigenvalue weighted by molar-refractivity contribution is -0.167. The van der Waals surface area contributed by atoms with E-state index in [4.69, 9.17) is 0 Å². The van der Waals surface area contributed by atoms with Gasteiger partial charge in [0.25, 0.3) is 11.8 Å². The van der Waals surface area contributed by atoms with E-state index in [9.17, 15) is 9.59 Å². The predicted molar refractivity (Wildman–Crippen MR) is 56.4 cm³/mol. The lowest BCUT2D eigenvalue weighted by atomic mass is 10.4. The van der Waals surface area contributed by atoms with E-state index in [0.29, 0.717) is 4.88 Å². The summed E-state index contributed by atoms with van der Waals surface area (Å²) in [4.78, 5) is 27.9. The first kappa shape index (κ1) is 11.7. The van der Waals surface area contributed by atoms with Gasteiger partial charge in [-0.05, 0) is 11.4 Å². The SMILES string of the molecule is CON(C)C(=O)CNC(=O)c1cccs1. The highest BCUT2D eigenvalue weighted by atomic mass is 32.1. The molecule has 0 saturated carbocycles. The second kappa shape index (κ2) is 5.47. The maximum Gasteiger partial charge on any atom is 0.265 e. The largest absolute Gasteiger partial charge is 0.342 e. The Bertz CT molecular complexity index is 337. The molecule has 5 nitrogen and oxygen atoms in total. The average molecular weight is 228 g/mol. The lowest BCUT2D eigenvalue weighted by Gasteiger charge is -2.13. The number of nitrogens with zero attached hydrogens (tertiary/aromatic N) is 1. The summed E-state index contributed by atoms with van der Waals surface area (Å²) in [6, 6.07) is 3.48. The summed E-state index contributed by atoms with van der Waals surface area (Å²) in [6.07, 6.45) is 0. The Labute approximate surface area is 91.6 Å². The first-order valence-corrected chi connectivity index (χ1v) is 5.15. The van der Waals surface area contributed by atoms with Crippen LogP contribution in [-0.2, 0) is 9.63 Å². The molecule has 0 atom stereocenters. The van der Waals surface area contributed by atoms with Gasteiger partial charge in [0, 0.05) is 7.05 Å². The molecule has 0 fully saturated rings. The summed E-state index contributed by atoms with van der Waals surface area (Å²) in [7, 11) is 2.87. The third-order valence-electron chi connectivity index (χ3n) is 1.77. The Morgan fingerprint density at radius 1 is 1.60 bits per heavy atom. The van der Waals surface area contributed by atoms with Crippen LogP contribution in [0.4, 0.5) is 0 Å². The molecule has 82 valence electrons. The van der Waals surface area contributed by atoms with Crippen LogP contribution in [0.25, 0.3) is 0 Å². The molecule has 2 amide bonds. The summed E-state index contributed by atoms with van der Waals surface area (Å²) in [5.74, 6) is -0.551. The molecule has 1 N–H and O–H groups in total. The zero-order valence-electron chi connectivity index (χ0n) is 8.52. The minimum Gasteiger partial charge on any atom is -0.342 e. The Morgan fingerprint density at radius 3 is 2.87 bits per heavy atom. The van der Waals surface area contributed by atoms with Crippen LogP contribution in [0.15, 0.2) is 17.5 Å². The van der Waals surface area contributed by atoms with Crippen molar-refractivity contribution in [2.45, 2.75) is 0 Å². The van der Waals surface area contributed by atoms with E-state index < -0.39 is 0 Å². The molecule has 0 spiro atoms. The van der Waals surface area contributed by atoms with Crippen LogP contribution in [0, 0.1) is 0 Å². The molecule has 0 unspecified atom stereocenters. The van der Waals surface area contributed by atoms with Gasteiger partial charge in [-0.25, -0.2) is 5.06 Å². The van der Waals surface area contributed by atoms with Crippen molar-refractivity contribution in [2.24, 2.45) is 0 Å². The predicted octanol–water partition coefficient (Wildman–Crippen LogP) is 0.498. The van der Waals surface area contributed by atoms with Crippen molar-refractivity contribution in [3.8, 4) is 0 Å². The molecule has 6 heteroatoms. The second-order valence-electron chi connectivity index (χ2n) is 2.73. The highest BCUT2D eigenvalue weighted by molar-refractivity contribution is 7.12. The highest BCUT2D eigenvalue weighted by Crippen LogP contribution is 2.07. The van der Waals surface area contributed by atoms with E-state index >= 15 is 0 Å². The van der Waals surface area contributed by atoms with Crippen LogP contribution in [0.1, 0.15) is 9.67 Å². The normalized spacial score (nSPS) is 9.73. The van der Waals surface area contributed by atoms with Gasteiger partial charge in [-0.2, -0.15) is 0 Å². The topological polar surface area (TPSA) is 58.6 Å². The number of nitrogens with one attached hydrogen (secondary N) is 1. The molecule has 1 aromatic heterocycles. The Balaban J connectivity index is 2.38. The minimum absolute atomic E-state index is 0.0684. The Morgan fingerprint density at radius 2 is 2.33 bits per heavy atom. The van der Waals surface area contributed by atoms with E-state index in [1.165, 1.54) is 25.5 Å². The van der Waals surface area contributed by atoms with E-state index in [2.05, 4.69) is 10.2 Å². The molecule has 1 aromatic rings. The van der Waals surface area contributed by atoms with Crippen molar-refractivity contribution in [2.75, 3.05) is 20.7 Å². The van der Waals surface area contributed by atoms with Crippen LogP contribution in [0.5, 0.6) is 0 Å². The maximum absolute atomic E-state index is 11.4. The summed E-state index contributed by atoms with van der Waals surface area (Å²) in [5, 5.41) is 5.37. The fraction of sp³-hybridized carbons (Fsp3) is 0.333. The zero-order chi connectivity index (χ0) is 11.3. The van der Waals surface area contributed by atoms with Gasteiger partial charge in [0.1, 0.15) is 0 Å². The van der Waals surface area contributed by atoms with Crippen molar-refractivity contribution in [3.05, 3.63) is 22.4 Å². The summed E-state index contributed by atoms with van der Waals surface area (Å²) >= 11 is 1.33. The van der Waals surface area contributed by atoms with Crippen molar-refractivity contribution >= 4 is 23.2 Å². The minimum atomic E-state index is -0.303. The maximum atomic E-state index is 11.4. The molecule has 1 rings (SSSR count). The van der Waals surface area contributed by atoms with Gasteiger partial charge in [-0.15, -0.1) is 11.3 Å². The second-order valence-corrected chi connectivity index (χ2v) is 3.68. The van der Waals surface area contributed by atoms with E-state index in [-0.39, 0.29) is 18.4 Å². The average Bonchev–Trinajstić information content (AvgIpc) is 2.77. The Kier molecular flexibility index (Phi) is 4.26. The number of hydrogen-bond donors (Lipinski definition) is 1. The van der Waals surface area contributed by atoms with Crippen LogP contribution in [-0.4, -0.2) is 37.6 Å². The highest BCUT2D eigenvalue weighted by Gasteiger charge is 2.11. The quantitative estimate of drug-likeness (QED) is 0.763. The summed E-state index contributed by atoms with van der Waals surface area (Å²) in [5.41, 5.74) is 0.